The molecule has 0 aliphatic carbocycles. The van der Waals surface area contributed by atoms with Gasteiger partial charge in [0, 0.05) is 15.9 Å². The number of nitrogens with one attached hydrogen (secondary N) is 1. The molecule has 20 heavy (non-hydrogen) atoms. The van der Waals surface area contributed by atoms with Crippen molar-refractivity contribution in [2.75, 3.05) is 0 Å². The number of rotatable bonds is 4. The van der Waals surface area contributed by atoms with Crippen LogP contribution in [0.1, 0.15) is 23.4 Å². The van der Waals surface area contributed by atoms with E-state index in [0.717, 1.165) is 14.2 Å². The van der Waals surface area contributed by atoms with E-state index in [1.54, 1.807) is 26.0 Å². The fraction of sp³-hybridized carbons (Fsp3) is 0.231. The highest BCUT2D eigenvalue weighted by Gasteiger charge is 2.23. The van der Waals surface area contributed by atoms with E-state index in [0.29, 0.717) is 9.92 Å². The Balaban J connectivity index is 2.29. The first-order valence-electron chi connectivity index (χ1n) is 5.84. The van der Waals surface area contributed by atoms with Gasteiger partial charge >= 0.3 is 0 Å². The third-order valence-electron chi connectivity index (χ3n) is 2.84. The molecular formula is C13H13BrClNO2S2. The van der Waals surface area contributed by atoms with Gasteiger partial charge in [-0.05, 0) is 47.5 Å². The maximum absolute atomic E-state index is 12.4. The molecule has 7 heteroatoms. The topological polar surface area (TPSA) is 46.2 Å². The zero-order valence-corrected chi connectivity index (χ0v) is 14.8. The molecule has 2 aromatic rings. The van der Waals surface area contributed by atoms with Gasteiger partial charge in [-0.2, -0.15) is 0 Å². The van der Waals surface area contributed by atoms with Crippen LogP contribution in [0.25, 0.3) is 0 Å². The first kappa shape index (κ1) is 16.0. The smallest absolute Gasteiger partial charge is 0.207 e. The Kier molecular flexibility index (Phi) is 4.92. The lowest BCUT2D eigenvalue weighted by Crippen LogP contribution is -2.27. The molecule has 2 rings (SSSR count). The first-order valence-corrected chi connectivity index (χ1v) is 9.31. The van der Waals surface area contributed by atoms with Gasteiger partial charge in [-0.15, -0.1) is 11.3 Å². The maximum atomic E-state index is 12.4. The molecule has 1 aromatic heterocycles. The highest BCUT2D eigenvalue weighted by atomic mass is 79.9. The lowest BCUT2D eigenvalue weighted by atomic mass is 10.1. The lowest BCUT2D eigenvalue weighted by Gasteiger charge is -2.15. The minimum Gasteiger partial charge on any atom is -0.207 e. The van der Waals surface area contributed by atoms with Crippen molar-refractivity contribution in [1.29, 1.82) is 0 Å². The van der Waals surface area contributed by atoms with E-state index in [2.05, 4.69) is 20.7 Å². The van der Waals surface area contributed by atoms with Gasteiger partial charge in [0.1, 0.15) is 0 Å². The quantitative estimate of drug-likeness (QED) is 0.829. The Morgan fingerprint density at radius 3 is 2.55 bits per heavy atom. The number of sulfonamides is 1. The molecule has 1 heterocycles. The van der Waals surface area contributed by atoms with Crippen molar-refractivity contribution in [2.24, 2.45) is 0 Å². The number of aryl methyl sites for hydroxylation is 1. The SMILES string of the molecule is Cc1sc(Br)cc1S(=O)(=O)NC(C)c1ccccc1Cl. The number of thiophene rings is 1. The van der Waals surface area contributed by atoms with E-state index in [1.165, 1.54) is 11.3 Å². The Hall–Kier alpha value is -0.400. The van der Waals surface area contributed by atoms with Gasteiger partial charge in [-0.3, -0.25) is 0 Å². The monoisotopic (exact) mass is 393 g/mol. The highest BCUT2D eigenvalue weighted by Crippen LogP contribution is 2.31. The van der Waals surface area contributed by atoms with Crippen LogP contribution < -0.4 is 4.72 Å². The summed E-state index contributed by atoms with van der Waals surface area (Å²) in [6, 6.07) is 8.42. The Bertz CT molecular complexity index is 728. The van der Waals surface area contributed by atoms with Gasteiger partial charge in [0.15, 0.2) is 0 Å². The van der Waals surface area contributed by atoms with Crippen molar-refractivity contribution >= 4 is 48.9 Å². The van der Waals surface area contributed by atoms with E-state index >= 15 is 0 Å². The zero-order chi connectivity index (χ0) is 14.9. The predicted octanol–water partition coefficient (Wildman–Crippen LogP) is 4.51. The second kappa shape index (κ2) is 6.15. The van der Waals surface area contributed by atoms with Crippen LogP contribution in [-0.2, 0) is 10.0 Å². The van der Waals surface area contributed by atoms with Crippen LogP contribution in [0.15, 0.2) is 39.0 Å². The Labute approximate surface area is 136 Å². The molecule has 3 nitrogen and oxygen atoms in total. The van der Waals surface area contributed by atoms with Crippen molar-refractivity contribution in [3.63, 3.8) is 0 Å². The van der Waals surface area contributed by atoms with Crippen LogP contribution in [0.3, 0.4) is 0 Å². The second-order valence-corrected chi connectivity index (χ2v) is 9.06. The van der Waals surface area contributed by atoms with Crippen LogP contribution in [0.4, 0.5) is 0 Å². The molecule has 0 radical (unpaired) electrons. The summed E-state index contributed by atoms with van der Waals surface area (Å²) >= 11 is 10.8. The standard InChI is InChI=1S/C13H13BrClNO2S2/c1-8(10-5-3-4-6-11(10)15)16-20(17,18)12-7-13(14)19-9(12)2/h3-8,16H,1-2H3. The molecule has 0 amide bonds. The van der Waals surface area contributed by atoms with Gasteiger partial charge in [-0.1, -0.05) is 29.8 Å². The fourth-order valence-electron chi connectivity index (χ4n) is 1.88. The number of halogens is 2. The fourth-order valence-corrected chi connectivity index (χ4v) is 5.82. The largest absolute Gasteiger partial charge is 0.242 e. The average Bonchev–Trinajstić information content (AvgIpc) is 2.69. The van der Waals surface area contributed by atoms with Crippen molar-refractivity contribution in [3.05, 3.63) is 49.6 Å². The summed E-state index contributed by atoms with van der Waals surface area (Å²) in [6.45, 7) is 3.56. The normalized spacial score (nSPS) is 13.4. The van der Waals surface area contributed by atoms with E-state index in [-0.39, 0.29) is 0 Å². The molecule has 0 spiro atoms. The van der Waals surface area contributed by atoms with Crippen molar-refractivity contribution in [1.82, 2.24) is 4.72 Å². The summed E-state index contributed by atoms with van der Waals surface area (Å²) in [7, 11) is -3.56. The molecule has 1 aromatic carbocycles. The summed E-state index contributed by atoms with van der Waals surface area (Å²) in [6.07, 6.45) is 0. The van der Waals surface area contributed by atoms with Gasteiger partial charge < -0.3 is 0 Å². The zero-order valence-electron chi connectivity index (χ0n) is 10.9. The van der Waals surface area contributed by atoms with Gasteiger partial charge in [-0.25, -0.2) is 13.1 Å². The van der Waals surface area contributed by atoms with E-state index < -0.39 is 16.1 Å². The molecule has 0 aliphatic heterocycles. The molecule has 1 unspecified atom stereocenters. The summed E-state index contributed by atoms with van der Waals surface area (Å²) in [5.41, 5.74) is 0.754. The third-order valence-corrected chi connectivity index (χ3v) is 6.53. The molecule has 108 valence electrons. The van der Waals surface area contributed by atoms with Crippen molar-refractivity contribution < 1.29 is 8.42 Å². The minimum atomic E-state index is -3.56. The first-order chi connectivity index (χ1) is 9.31. The molecule has 0 bridgehead atoms. The third kappa shape index (κ3) is 3.43. The summed E-state index contributed by atoms with van der Waals surface area (Å²) < 4.78 is 28.2. The summed E-state index contributed by atoms with van der Waals surface area (Å²) in [5, 5.41) is 0.547. The summed E-state index contributed by atoms with van der Waals surface area (Å²) in [4.78, 5) is 1.05. The van der Waals surface area contributed by atoms with E-state index in [4.69, 9.17) is 11.6 Å². The number of hydrogen-bond acceptors (Lipinski definition) is 3. The lowest BCUT2D eigenvalue weighted by molar-refractivity contribution is 0.567. The van der Waals surface area contributed by atoms with Crippen LogP contribution in [0, 0.1) is 6.92 Å². The number of hydrogen-bond donors (Lipinski definition) is 1. The molecule has 0 aliphatic rings. The second-order valence-electron chi connectivity index (χ2n) is 4.34. The maximum Gasteiger partial charge on any atom is 0.242 e. The average molecular weight is 395 g/mol. The van der Waals surface area contributed by atoms with Crippen LogP contribution in [0.5, 0.6) is 0 Å². The van der Waals surface area contributed by atoms with Gasteiger partial charge in [0.2, 0.25) is 10.0 Å². The van der Waals surface area contributed by atoms with Crippen LogP contribution in [-0.4, -0.2) is 8.42 Å². The van der Waals surface area contributed by atoms with Gasteiger partial charge in [0.25, 0.3) is 0 Å². The molecular weight excluding hydrogens is 382 g/mol. The minimum absolute atomic E-state index is 0.299. The Morgan fingerprint density at radius 2 is 2.00 bits per heavy atom. The molecule has 1 N–H and O–H groups in total. The molecule has 0 saturated heterocycles. The molecule has 0 fully saturated rings. The summed E-state index contributed by atoms with van der Waals surface area (Å²) in [5.74, 6) is 0. The molecule has 0 saturated carbocycles. The Morgan fingerprint density at radius 1 is 1.35 bits per heavy atom. The van der Waals surface area contributed by atoms with Gasteiger partial charge in [0.05, 0.1) is 8.68 Å². The van der Waals surface area contributed by atoms with Crippen LogP contribution in [0.2, 0.25) is 5.02 Å². The van der Waals surface area contributed by atoms with Crippen LogP contribution >= 0.6 is 38.9 Å². The van der Waals surface area contributed by atoms with E-state index in [1.807, 2.05) is 18.2 Å². The predicted molar refractivity (Wildman–Crippen MR) is 86.9 cm³/mol. The van der Waals surface area contributed by atoms with Crippen molar-refractivity contribution in [3.8, 4) is 0 Å². The van der Waals surface area contributed by atoms with Crippen molar-refractivity contribution in [2.45, 2.75) is 24.8 Å². The number of benzene rings is 1. The molecule has 1 atom stereocenters. The van der Waals surface area contributed by atoms with E-state index in [9.17, 15) is 8.42 Å². The highest BCUT2D eigenvalue weighted by molar-refractivity contribution is 9.11.